The highest BCUT2D eigenvalue weighted by atomic mass is 19.1. The number of amides is 1. The molecule has 1 fully saturated rings. The third-order valence-electron chi connectivity index (χ3n) is 5.45. The van der Waals surface area contributed by atoms with E-state index in [-0.39, 0.29) is 22.9 Å². The normalized spacial score (nSPS) is 16.1. The first-order valence-electron chi connectivity index (χ1n) is 9.96. The topological polar surface area (TPSA) is 101 Å². The summed E-state index contributed by atoms with van der Waals surface area (Å²) in [6.07, 6.45) is 1.19. The van der Waals surface area contributed by atoms with E-state index in [4.69, 9.17) is 9.84 Å². The van der Waals surface area contributed by atoms with Crippen molar-refractivity contribution in [2.24, 2.45) is 7.05 Å². The number of hydrogen-bond donors (Lipinski definition) is 1. The zero-order valence-corrected chi connectivity index (χ0v) is 17.6. The third-order valence-corrected chi connectivity index (χ3v) is 5.45. The van der Waals surface area contributed by atoms with Gasteiger partial charge < -0.3 is 14.7 Å². The maximum Gasteiger partial charge on any atom is 0.411 e. The molecule has 0 unspecified atom stereocenters. The average Bonchev–Trinajstić information content (AvgIpc) is 2.81. The molecule has 166 valence electrons. The van der Waals surface area contributed by atoms with Crippen molar-refractivity contribution in [1.82, 2.24) is 14.5 Å². The Balaban J connectivity index is 1.62. The van der Waals surface area contributed by atoms with Gasteiger partial charge in [0.15, 0.2) is 5.82 Å². The van der Waals surface area contributed by atoms with Gasteiger partial charge in [-0.05, 0) is 23.8 Å². The number of carbonyl (C=O) groups is 1. The smallest absolute Gasteiger partial charge is 0.411 e. The molecule has 1 amide bonds. The monoisotopic (exact) mass is 439 g/mol. The van der Waals surface area contributed by atoms with Gasteiger partial charge in [-0.15, -0.1) is 0 Å². The molecular formula is C22H22FN5O4. The van der Waals surface area contributed by atoms with Gasteiger partial charge in [0.05, 0.1) is 25.0 Å². The number of halogens is 1. The van der Waals surface area contributed by atoms with Crippen LogP contribution in [-0.4, -0.2) is 52.5 Å². The van der Waals surface area contributed by atoms with Gasteiger partial charge in [-0.2, -0.15) is 0 Å². The number of pyridine rings is 1. The van der Waals surface area contributed by atoms with Gasteiger partial charge in [0.1, 0.15) is 6.10 Å². The highest BCUT2D eigenvalue weighted by molar-refractivity contribution is 5.85. The van der Waals surface area contributed by atoms with Crippen LogP contribution in [0.1, 0.15) is 11.7 Å². The van der Waals surface area contributed by atoms with Gasteiger partial charge in [0.2, 0.25) is 5.95 Å². The van der Waals surface area contributed by atoms with E-state index in [1.165, 1.54) is 29.9 Å². The zero-order chi connectivity index (χ0) is 22.8. The minimum atomic E-state index is -1.05. The van der Waals surface area contributed by atoms with Crippen molar-refractivity contribution in [3.8, 4) is 11.3 Å². The van der Waals surface area contributed by atoms with Gasteiger partial charge in [-0.25, -0.2) is 14.2 Å². The van der Waals surface area contributed by atoms with Crippen molar-refractivity contribution in [2.45, 2.75) is 6.10 Å². The molecule has 1 saturated heterocycles. The predicted octanol–water partition coefficient (Wildman–Crippen LogP) is 2.67. The molecule has 32 heavy (non-hydrogen) atoms. The highest BCUT2D eigenvalue weighted by Gasteiger charge is 2.25. The van der Waals surface area contributed by atoms with E-state index in [0.29, 0.717) is 31.3 Å². The number of rotatable bonds is 4. The van der Waals surface area contributed by atoms with E-state index < -0.39 is 11.9 Å². The van der Waals surface area contributed by atoms with Crippen LogP contribution in [0.2, 0.25) is 0 Å². The fraction of sp³-hybridized carbons (Fsp3) is 0.273. The molecule has 1 N–H and O–H groups in total. The molecule has 1 aliphatic rings. The molecule has 10 heteroatoms. The molecule has 0 radical (unpaired) electrons. The summed E-state index contributed by atoms with van der Waals surface area (Å²) in [5.74, 6) is -0.135. The Morgan fingerprint density at radius 2 is 2.03 bits per heavy atom. The fourth-order valence-electron chi connectivity index (χ4n) is 3.59. The van der Waals surface area contributed by atoms with Crippen LogP contribution < -0.4 is 15.4 Å². The number of anilines is 2. The Hall–Kier alpha value is -3.79. The number of morpholine rings is 1. The number of nitrogens with zero attached hydrogens (tertiary/aromatic N) is 5. The second kappa shape index (κ2) is 8.75. The molecule has 1 atom stereocenters. The Morgan fingerprint density at radius 3 is 2.72 bits per heavy atom. The quantitative estimate of drug-likeness (QED) is 0.667. The van der Waals surface area contributed by atoms with Crippen LogP contribution in [0, 0.1) is 5.82 Å². The first-order valence-corrected chi connectivity index (χ1v) is 9.96. The minimum Gasteiger partial charge on any atom is -0.465 e. The lowest BCUT2D eigenvalue weighted by atomic mass is 10.1. The summed E-state index contributed by atoms with van der Waals surface area (Å²) in [4.78, 5) is 35.1. The van der Waals surface area contributed by atoms with Crippen molar-refractivity contribution < 1.29 is 19.0 Å². The van der Waals surface area contributed by atoms with Crippen molar-refractivity contribution in [2.75, 3.05) is 36.5 Å². The Labute approximate surface area is 183 Å². The van der Waals surface area contributed by atoms with Crippen LogP contribution >= 0.6 is 0 Å². The summed E-state index contributed by atoms with van der Waals surface area (Å²) in [5.41, 5.74) is 1.57. The first-order chi connectivity index (χ1) is 15.3. The summed E-state index contributed by atoms with van der Waals surface area (Å²) >= 11 is 0. The number of carboxylic acid groups (broad SMARTS) is 1. The molecular weight excluding hydrogens is 417 g/mol. The van der Waals surface area contributed by atoms with Gasteiger partial charge >= 0.3 is 6.09 Å². The second-order valence-corrected chi connectivity index (χ2v) is 7.43. The van der Waals surface area contributed by atoms with Crippen molar-refractivity contribution in [3.63, 3.8) is 0 Å². The third kappa shape index (κ3) is 4.17. The lowest BCUT2D eigenvalue weighted by Crippen LogP contribution is -2.41. The minimum absolute atomic E-state index is 0.210. The van der Waals surface area contributed by atoms with E-state index in [2.05, 4.69) is 9.97 Å². The molecule has 4 rings (SSSR count). The maximum atomic E-state index is 14.2. The van der Waals surface area contributed by atoms with E-state index in [1.807, 2.05) is 17.0 Å². The maximum absolute atomic E-state index is 14.2. The molecule has 9 nitrogen and oxygen atoms in total. The number of aromatic nitrogens is 3. The molecule has 3 aromatic rings. The number of ether oxygens (including phenoxy) is 1. The van der Waals surface area contributed by atoms with E-state index in [0.717, 1.165) is 16.7 Å². The molecule has 1 aromatic carbocycles. The fourth-order valence-corrected chi connectivity index (χ4v) is 3.59. The average molecular weight is 439 g/mol. The Morgan fingerprint density at radius 1 is 1.28 bits per heavy atom. The van der Waals surface area contributed by atoms with Crippen molar-refractivity contribution in [3.05, 3.63) is 70.5 Å². The highest BCUT2D eigenvalue weighted by Crippen LogP contribution is 2.28. The van der Waals surface area contributed by atoms with E-state index in [9.17, 15) is 14.0 Å². The second-order valence-electron chi connectivity index (χ2n) is 7.43. The molecule has 0 aliphatic carbocycles. The van der Waals surface area contributed by atoms with Gasteiger partial charge in [-0.1, -0.05) is 12.1 Å². The largest absolute Gasteiger partial charge is 0.465 e. The summed E-state index contributed by atoms with van der Waals surface area (Å²) in [6.45, 7) is 1.35. The van der Waals surface area contributed by atoms with Gasteiger partial charge in [-0.3, -0.25) is 19.2 Å². The summed E-state index contributed by atoms with van der Waals surface area (Å²) in [6, 6.07) is 9.85. The standard InChI is InChI=1S/C22H22FN5O4/c1-26(22(30)31)15-5-3-14(4-6-15)19-13-28(9-10-32-19)21-25-18(11-20(29)27(21)2)16-7-8-24-12-17(16)23/h3-8,11-12,19H,9-10,13H2,1-2H3,(H,30,31)/t19-/m1/s1. The van der Waals surface area contributed by atoms with Crippen molar-refractivity contribution >= 4 is 17.7 Å². The molecule has 3 heterocycles. The van der Waals surface area contributed by atoms with Crippen LogP contribution in [0.5, 0.6) is 0 Å². The lowest BCUT2D eigenvalue weighted by Gasteiger charge is -2.34. The Kier molecular flexibility index (Phi) is 5.87. The summed E-state index contributed by atoms with van der Waals surface area (Å²) < 4.78 is 21.6. The molecule has 1 aliphatic heterocycles. The van der Waals surface area contributed by atoms with Crippen LogP contribution in [-0.2, 0) is 11.8 Å². The molecule has 0 spiro atoms. The zero-order valence-electron chi connectivity index (χ0n) is 17.6. The molecule has 2 aromatic heterocycles. The van der Waals surface area contributed by atoms with Crippen LogP contribution in [0.15, 0.2) is 53.6 Å². The SMILES string of the molecule is CN(C(=O)O)c1ccc([C@H]2CN(c3nc(-c4ccncc4F)cc(=O)n3C)CCO2)cc1. The van der Waals surface area contributed by atoms with Gasteiger partial charge in [0, 0.05) is 44.2 Å². The van der Waals surface area contributed by atoms with Crippen LogP contribution in [0.25, 0.3) is 11.3 Å². The Bertz CT molecular complexity index is 1200. The number of benzene rings is 1. The van der Waals surface area contributed by atoms with Crippen LogP contribution in [0.3, 0.4) is 0 Å². The summed E-state index contributed by atoms with van der Waals surface area (Å²) in [7, 11) is 3.10. The first kappa shape index (κ1) is 21.4. The van der Waals surface area contributed by atoms with E-state index in [1.54, 1.807) is 19.2 Å². The molecule has 0 bridgehead atoms. The van der Waals surface area contributed by atoms with E-state index >= 15 is 0 Å². The molecule has 0 saturated carbocycles. The lowest BCUT2D eigenvalue weighted by molar-refractivity contribution is 0.0390. The van der Waals surface area contributed by atoms with Crippen LogP contribution in [0.4, 0.5) is 20.8 Å². The van der Waals surface area contributed by atoms with Crippen molar-refractivity contribution in [1.29, 1.82) is 0 Å². The predicted molar refractivity (Wildman–Crippen MR) is 116 cm³/mol. The van der Waals surface area contributed by atoms with Gasteiger partial charge in [0.25, 0.3) is 5.56 Å². The summed E-state index contributed by atoms with van der Waals surface area (Å²) in [5, 5.41) is 9.12. The number of hydrogen-bond acceptors (Lipinski definition) is 6.